The lowest BCUT2D eigenvalue weighted by molar-refractivity contribution is -0.122. The summed E-state index contributed by atoms with van der Waals surface area (Å²) in [5, 5.41) is 0.584. The van der Waals surface area contributed by atoms with Crippen molar-refractivity contribution in [3.05, 3.63) is 70.2 Å². The van der Waals surface area contributed by atoms with Crippen molar-refractivity contribution in [1.82, 2.24) is 0 Å². The van der Waals surface area contributed by atoms with Crippen LogP contribution in [0.5, 0.6) is 5.75 Å². The van der Waals surface area contributed by atoms with Gasteiger partial charge in [-0.3, -0.25) is 9.59 Å². The molecule has 5 nitrogen and oxygen atoms in total. The summed E-state index contributed by atoms with van der Waals surface area (Å²) in [6, 6.07) is 10.8. The SMILES string of the molecule is O=C(Oc1cccc(N2C(=O)[C@H]3CC=CC[C@@H]3C2=O)c1)c1ccc(Cl)cc1Cl. The molecule has 1 saturated heterocycles. The number of hydrogen-bond acceptors (Lipinski definition) is 4. The van der Waals surface area contributed by atoms with Gasteiger partial charge in [-0.1, -0.05) is 41.4 Å². The zero-order valence-electron chi connectivity index (χ0n) is 14.6. The summed E-state index contributed by atoms with van der Waals surface area (Å²) in [4.78, 5) is 39.0. The van der Waals surface area contributed by atoms with E-state index in [0.29, 0.717) is 23.6 Å². The molecular formula is C21H15Cl2NO4. The first-order valence-corrected chi connectivity index (χ1v) is 9.51. The molecule has 142 valence electrons. The van der Waals surface area contributed by atoms with Crippen LogP contribution < -0.4 is 9.64 Å². The van der Waals surface area contributed by atoms with E-state index >= 15 is 0 Å². The van der Waals surface area contributed by atoms with Crippen molar-refractivity contribution in [2.45, 2.75) is 12.8 Å². The topological polar surface area (TPSA) is 63.7 Å². The highest BCUT2D eigenvalue weighted by molar-refractivity contribution is 6.36. The Morgan fingerprint density at radius 2 is 1.64 bits per heavy atom. The van der Waals surface area contributed by atoms with Gasteiger partial charge in [0.15, 0.2) is 0 Å². The minimum atomic E-state index is -0.657. The molecule has 2 amide bonds. The average Bonchev–Trinajstić information content (AvgIpc) is 2.93. The van der Waals surface area contributed by atoms with Crippen LogP contribution in [0, 0.1) is 11.8 Å². The number of benzene rings is 2. The Morgan fingerprint density at radius 1 is 0.964 bits per heavy atom. The average molecular weight is 416 g/mol. The molecule has 2 aromatic rings. The molecule has 0 saturated carbocycles. The van der Waals surface area contributed by atoms with E-state index in [-0.39, 0.29) is 40.0 Å². The van der Waals surface area contributed by atoms with E-state index in [9.17, 15) is 14.4 Å². The zero-order valence-corrected chi connectivity index (χ0v) is 16.1. The number of esters is 1. The van der Waals surface area contributed by atoms with Gasteiger partial charge in [-0.15, -0.1) is 0 Å². The van der Waals surface area contributed by atoms with Crippen LogP contribution in [0.15, 0.2) is 54.6 Å². The first kappa shape index (κ1) is 18.7. The first-order chi connectivity index (χ1) is 13.5. The van der Waals surface area contributed by atoms with E-state index in [1.807, 2.05) is 12.2 Å². The lowest BCUT2D eigenvalue weighted by atomic mass is 9.85. The fraction of sp³-hybridized carbons (Fsp3) is 0.190. The third-order valence-corrected chi connectivity index (χ3v) is 5.49. The number of amides is 2. The molecule has 0 unspecified atom stereocenters. The molecule has 1 aliphatic carbocycles. The van der Waals surface area contributed by atoms with E-state index in [2.05, 4.69) is 0 Å². The normalized spacial score (nSPS) is 21.0. The zero-order chi connectivity index (χ0) is 19.8. The number of halogens is 2. The number of hydrogen-bond donors (Lipinski definition) is 0. The van der Waals surface area contributed by atoms with Crippen molar-refractivity contribution < 1.29 is 19.1 Å². The van der Waals surface area contributed by atoms with Crippen LogP contribution in [-0.2, 0) is 9.59 Å². The van der Waals surface area contributed by atoms with E-state index < -0.39 is 5.97 Å². The van der Waals surface area contributed by atoms with E-state index in [0.717, 1.165) is 0 Å². The second-order valence-corrected chi connectivity index (χ2v) is 7.52. The van der Waals surface area contributed by atoms with E-state index in [4.69, 9.17) is 27.9 Å². The van der Waals surface area contributed by atoms with Gasteiger partial charge in [-0.25, -0.2) is 9.69 Å². The van der Waals surface area contributed by atoms with Crippen LogP contribution in [0.25, 0.3) is 0 Å². The fourth-order valence-electron chi connectivity index (χ4n) is 3.56. The summed E-state index contributed by atoms with van der Waals surface area (Å²) >= 11 is 11.9. The molecule has 7 heteroatoms. The summed E-state index contributed by atoms with van der Waals surface area (Å²) in [7, 11) is 0. The van der Waals surface area contributed by atoms with Gasteiger partial charge in [0.2, 0.25) is 11.8 Å². The van der Waals surface area contributed by atoms with Gasteiger partial charge < -0.3 is 4.74 Å². The molecule has 0 N–H and O–H groups in total. The highest BCUT2D eigenvalue weighted by Crippen LogP contribution is 2.38. The maximum Gasteiger partial charge on any atom is 0.345 e. The Bertz CT molecular complexity index is 991. The van der Waals surface area contributed by atoms with Gasteiger partial charge in [0, 0.05) is 11.1 Å². The monoisotopic (exact) mass is 415 g/mol. The van der Waals surface area contributed by atoms with Gasteiger partial charge in [-0.2, -0.15) is 0 Å². The summed E-state index contributed by atoms with van der Waals surface area (Å²) in [5.41, 5.74) is 0.554. The molecule has 4 rings (SSSR count). The number of carbonyl (C=O) groups excluding carboxylic acids is 3. The number of imide groups is 1. The molecule has 1 heterocycles. The quantitative estimate of drug-likeness (QED) is 0.316. The van der Waals surface area contributed by atoms with Crippen LogP contribution in [-0.4, -0.2) is 17.8 Å². The Balaban J connectivity index is 1.57. The predicted molar refractivity (Wildman–Crippen MR) is 106 cm³/mol. The summed E-state index contributed by atoms with van der Waals surface area (Å²) < 4.78 is 5.38. The first-order valence-electron chi connectivity index (χ1n) is 8.76. The van der Waals surface area contributed by atoms with Crippen molar-refractivity contribution in [1.29, 1.82) is 0 Å². The van der Waals surface area contributed by atoms with Gasteiger partial charge >= 0.3 is 5.97 Å². The van der Waals surface area contributed by atoms with Gasteiger partial charge in [0.25, 0.3) is 0 Å². The molecule has 1 aliphatic heterocycles. The third-order valence-electron chi connectivity index (χ3n) is 4.94. The van der Waals surface area contributed by atoms with Crippen molar-refractivity contribution >= 4 is 46.7 Å². The molecule has 0 spiro atoms. The van der Waals surface area contributed by atoms with Crippen molar-refractivity contribution in [3.8, 4) is 5.75 Å². The predicted octanol–water partition coefficient (Wildman–Crippen LogP) is 4.67. The van der Waals surface area contributed by atoms with Gasteiger partial charge in [0.05, 0.1) is 28.1 Å². The molecule has 28 heavy (non-hydrogen) atoms. The standard InChI is InChI=1S/C21H15Cl2NO4/c22-12-8-9-17(18(23)10-12)21(27)28-14-5-3-4-13(11-14)24-19(25)15-6-1-2-7-16(15)20(24)26/h1-5,8-11,15-16H,6-7H2/t15-,16-/m0/s1. The van der Waals surface area contributed by atoms with E-state index in [1.54, 1.807) is 18.2 Å². The highest BCUT2D eigenvalue weighted by atomic mass is 35.5. The molecule has 0 bridgehead atoms. The second kappa shape index (κ2) is 7.41. The minimum absolute atomic E-state index is 0.168. The molecule has 2 atom stereocenters. The smallest absolute Gasteiger partial charge is 0.345 e. The van der Waals surface area contributed by atoms with Crippen LogP contribution in [0.3, 0.4) is 0 Å². The van der Waals surface area contributed by atoms with Crippen molar-refractivity contribution in [3.63, 3.8) is 0 Å². The molecule has 2 aliphatic rings. The minimum Gasteiger partial charge on any atom is -0.423 e. The number of fused-ring (bicyclic) bond motifs is 1. The molecule has 2 aromatic carbocycles. The number of ether oxygens (including phenoxy) is 1. The Hall–Kier alpha value is -2.63. The third kappa shape index (κ3) is 3.32. The molecule has 1 fully saturated rings. The lowest BCUT2D eigenvalue weighted by Gasteiger charge is -2.16. The largest absolute Gasteiger partial charge is 0.423 e. The number of carbonyl (C=O) groups is 3. The maximum atomic E-state index is 12.7. The Morgan fingerprint density at radius 3 is 2.29 bits per heavy atom. The van der Waals surface area contributed by atoms with Crippen LogP contribution in [0.4, 0.5) is 5.69 Å². The fourth-order valence-corrected chi connectivity index (χ4v) is 4.04. The summed E-state index contributed by atoms with van der Waals surface area (Å²) in [5.74, 6) is -1.53. The molecule has 0 aromatic heterocycles. The number of anilines is 1. The Labute approximate surface area is 171 Å². The molecular weight excluding hydrogens is 401 g/mol. The van der Waals surface area contributed by atoms with Gasteiger partial charge in [-0.05, 0) is 43.2 Å². The lowest BCUT2D eigenvalue weighted by Crippen LogP contribution is -2.30. The van der Waals surface area contributed by atoms with Gasteiger partial charge in [0.1, 0.15) is 5.75 Å². The van der Waals surface area contributed by atoms with Crippen molar-refractivity contribution in [2.24, 2.45) is 11.8 Å². The number of rotatable bonds is 3. The Kier molecular flexibility index (Phi) is 4.96. The maximum absolute atomic E-state index is 12.7. The highest BCUT2D eigenvalue weighted by Gasteiger charge is 2.47. The van der Waals surface area contributed by atoms with Crippen LogP contribution in [0.1, 0.15) is 23.2 Å². The summed E-state index contributed by atoms with van der Waals surface area (Å²) in [6.07, 6.45) is 5.00. The number of nitrogens with zero attached hydrogens (tertiary/aromatic N) is 1. The molecule has 0 radical (unpaired) electrons. The number of allylic oxidation sites excluding steroid dienone is 2. The second-order valence-electron chi connectivity index (χ2n) is 6.68. The van der Waals surface area contributed by atoms with Crippen LogP contribution in [0.2, 0.25) is 10.0 Å². The van der Waals surface area contributed by atoms with E-state index in [1.165, 1.54) is 29.2 Å². The van der Waals surface area contributed by atoms with Crippen molar-refractivity contribution in [2.75, 3.05) is 4.90 Å². The summed E-state index contributed by atoms with van der Waals surface area (Å²) in [6.45, 7) is 0. The van der Waals surface area contributed by atoms with Crippen LogP contribution >= 0.6 is 23.2 Å².